The van der Waals surface area contributed by atoms with Crippen LogP contribution in [0, 0.1) is 0 Å². The van der Waals surface area contributed by atoms with Gasteiger partial charge in [0.15, 0.2) is 0 Å². The minimum Gasteiger partial charge on any atom is -0.353 e. The molecule has 2 aromatic rings. The Morgan fingerprint density at radius 1 is 1.00 bits per heavy atom. The highest BCUT2D eigenvalue weighted by atomic mass is 32.2. The molecule has 1 unspecified atom stereocenters. The summed E-state index contributed by atoms with van der Waals surface area (Å²) in [5.74, 6) is -0.294. The summed E-state index contributed by atoms with van der Waals surface area (Å²) in [6, 6.07) is 15.1. The number of carbonyl (C=O) groups excluding carboxylic acids is 1. The number of benzene rings is 2. The molecule has 1 aliphatic rings. The fourth-order valence-electron chi connectivity index (χ4n) is 3.12. The Balaban J connectivity index is 2.00. The Morgan fingerprint density at radius 2 is 1.62 bits per heavy atom. The van der Waals surface area contributed by atoms with E-state index in [0.29, 0.717) is 12.1 Å². The number of hydrogen-bond donors (Lipinski definition) is 1. The number of rotatable bonds is 3. The zero-order chi connectivity index (χ0) is 18.9. The third-order valence-electron chi connectivity index (χ3n) is 4.61. The van der Waals surface area contributed by atoms with E-state index >= 15 is 0 Å². The first-order valence-corrected chi connectivity index (χ1v) is 10.1. The number of amides is 1. The summed E-state index contributed by atoms with van der Waals surface area (Å²) in [5, 5.41) is 2.77. The van der Waals surface area contributed by atoms with Gasteiger partial charge in [0.2, 0.25) is 15.9 Å². The summed E-state index contributed by atoms with van der Waals surface area (Å²) >= 11 is 0. The Morgan fingerprint density at radius 3 is 2.19 bits per heavy atom. The van der Waals surface area contributed by atoms with E-state index in [-0.39, 0.29) is 22.8 Å². The largest absolute Gasteiger partial charge is 0.353 e. The molecule has 1 N–H and O–H groups in total. The molecular formula is C20H24N2O3S. The van der Waals surface area contributed by atoms with E-state index in [2.05, 4.69) is 26.1 Å². The van der Waals surface area contributed by atoms with Gasteiger partial charge in [-0.05, 0) is 28.7 Å². The fraction of sp³-hybridized carbons (Fsp3) is 0.350. The van der Waals surface area contributed by atoms with Crippen molar-refractivity contribution in [3.8, 4) is 0 Å². The summed E-state index contributed by atoms with van der Waals surface area (Å²) in [7, 11) is -3.78. The van der Waals surface area contributed by atoms with Gasteiger partial charge in [0.05, 0.1) is 4.90 Å². The van der Waals surface area contributed by atoms with Crippen molar-refractivity contribution in [2.24, 2.45) is 0 Å². The Bertz CT molecular complexity index is 885. The lowest BCUT2D eigenvalue weighted by Crippen LogP contribution is -2.52. The van der Waals surface area contributed by atoms with E-state index in [1.807, 2.05) is 18.2 Å². The molecule has 6 heteroatoms. The maximum absolute atomic E-state index is 13.2. The zero-order valence-corrected chi connectivity index (χ0v) is 16.1. The monoisotopic (exact) mass is 372 g/mol. The summed E-state index contributed by atoms with van der Waals surface area (Å²) in [4.78, 5) is 12.7. The van der Waals surface area contributed by atoms with Crippen LogP contribution in [0.25, 0.3) is 0 Å². The number of nitrogens with one attached hydrogen (secondary N) is 1. The minimum absolute atomic E-state index is 0.0557. The smallest absolute Gasteiger partial charge is 0.244 e. The van der Waals surface area contributed by atoms with E-state index in [1.54, 1.807) is 36.4 Å². The molecule has 0 aliphatic carbocycles. The Labute approximate surface area is 155 Å². The van der Waals surface area contributed by atoms with E-state index < -0.39 is 16.1 Å². The van der Waals surface area contributed by atoms with Gasteiger partial charge in [-0.3, -0.25) is 4.79 Å². The minimum atomic E-state index is -3.78. The van der Waals surface area contributed by atoms with Gasteiger partial charge in [-0.1, -0.05) is 63.2 Å². The molecule has 5 nitrogen and oxygen atoms in total. The zero-order valence-electron chi connectivity index (χ0n) is 15.3. The lowest BCUT2D eigenvalue weighted by molar-refractivity contribution is -0.126. The molecule has 0 aromatic heterocycles. The SMILES string of the molecule is CC(C)(C)c1ccc(S(=O)(=O)N2CCNC(=O)C2c2ccccc2)cc1. The molecule has 1 saturated heterocycles. The molecule has 2 aromatic carbocycles. The molecule has 0 saturated carbocycles. The predicted octanol–water partition coefficient (Wildman–Crippen LogP) is 2.85. The van der Waals surface area contributed by atoms with Gasteiger partial charge in [-0.25, -0.2) is 8.42 Å². The van der Waals surface area contributed by atoms with Gasteiger partial charge in [0.25, 0.3) is 0 Å². The fourth-order valence-corrected chi connectivity index (χ4v) is 4.70. The Hall–Kier alpha value is -2.18. The first-order chi connectivity index (χ1) is 12.2. The van der Waals surface area contributed by atoms with Gasteiger partial charge < -0.3 is 5.32 Å². The Kier molecular flexibility index (Phi) is 4.90. The molecule has 1 atom stereocenters. The van der Waals surface area contributed by atoms with Gasteiger partial charge in [0, 0.05) is 13.1 Å². The molecular weight excluding hydrogens is 348 g/mol. The molecule has 138 valence electrons. The maximum atomic E-state index is 13.2. The van der Waals surface area contributed by atoms with Crippen LogP contribution in [0.15, 0.2) is 59.5 Å². The second-order valence-corrected chi connectivity index (χ2v) is 9.38. The normalized spacial score (nSPS) is 19.2. The van der Waals surface area contributed by atoms with Crippen LogP contribution in [0.1, 0.15) is 37.9 Å². The van der Waals surface area contributed by atoms with E-state index in [0.717, 1.165) is 5.56 Å². The van der Waals surface area contributed by atoms with E-state index in [9.17, 15) is 13.2 Å². The second kappa shape index (κ2) is 6.85. The van der Waals surface area contributed by atoms with Crippen molar-refractivity contribution in [3.05, 3.63) is 65.7 Å². The van der Waals surface area contributed by atoms with E-state index in [4.69, 9.17) is 0 Å². The highest BCUT2D eigenvalue weighted by Crippen LogP contribution is 2.31. The maximum Gasteiger partial charge on any atom is 0.244 e. The second-order valence-electron chi connectivity index (χ2n) is 7.49. The van der Waals surface area contributed by atoms with Gasteiger partial charge in [-0.15, -0.1) is 0 Å². The average molecular weight is 372 g/mol. The van der Waals surface area contributed by atoms with Crippen molar-refractivity contribution >= 4 is 15.9 Å². The molecule has 26 heavy (non-hydrogen) atoms. The molecule has 0 radical (unpaired) electrons. The molecule has 1 heterocycles. The average Bonchev–Trinajstić information content (AvgIpc) is 2.61. The van der Waals surface area contributed by atoms with Crippen molar-refractivity contribution in [2.45, 2.75) is 37.1 Å². The van der Waals surface area contributed by atoms with Gasteiger partial charge in [-0.2, -0.15) is 4.31 Å². The summed E-state index contributed by atoms with van der Waals surface area (Å²) < 4.78 is 27.7. The first kappa shape index (κ1) is 18.6. The highest BCUT2D eigenvalue weighted by molar-refractivity contribution is 7.89. The standard InChI is InChI=1S/C20H24N2O3S/c1-20(2,3)16-9-11-17(12-10-16)26(24,25)22-14-13-21-19(23)18(22)15-7-5-4-6-8-15/h4-12,18H,13-14H2,1-3H3,(H,21,23). The molecule has 0 spiro atoms. The molecule has 1 fully saturated rings. The van der Waals surface area contributed by atoms with Crippen molar-refractivity contribution in [2.75, 3.05) is 13.1 Å². The number of sulfonamides is 1. The molecule has 1 amide bonds. The summed E-state index contributed by atoms with van der Waals surface area (Å²) in [6.07, 6.45) is 0. The van der Waals surface area contributed by atoms with Crippen LogP contribution >= 0.6 is 0 Å². The van der Waals surface area contributed by atoms with Crippen LogP contribution < -0.4 is 5.32 Å². The van der Waals surface area contributed by atoms with Gasteiger partial charge >= 0.3 is 0 Å². The van der Waals surface area contributed by atoms with Crippen molar-refractivity contribution < 1.29 is 13.2 Å². The van der Waals surface area contributed by atoms with Gasteiger partial charge in [0.1, 0.15) is 6.04 Å². The molecule has 0 bridgehead atoms. The van der Waals surface area contributed by atoms with Crippen LogP contribution in [-0.4, -0.2) is 31.7 Å². The summed E-state index contributed by atoms with van der Waals surface area (Å²) in [6.45, 7) is 6.79. The quantitative estimate of drug-likeness (QED) is 0.901. The van der Waals surface area contributed by atoms with Crippen molar-refractivity contribution in [1.82, 2.24) is 9.62 Å². The van der Waals surface area contributed by atoms with Crippen LogP contribution in [-0.2, 0) is 20.2 Å². The number of piperazine rings is 1. The molecule has 3 rings (SSSR count). The third-order valence-corrected chi connectivity index (χ3v) is 6.49. The van der Waals surface area contributed by atoms with Crippen LogP contribution in [0.5, 0.6) is 0 Å². The van der Waals surface area contributed by atoms with Crippen LogP contribution in [0.4, 0.5) is 0 Å². The van der Waals surface area contributed by atoms with Crippen molar-refractivity contribution in [3.63, 3.8) is 0 Å². The topological polar surface area (TPSA) is 66.5 Å². The third kappa shape index (κ3) is 3.52. The lowest BCUT2D eigenvalue weighted by Gasteiger charge is -2.34. The number of nitrogens with zero attached hydrogens (tertiary/aromatic N) is 1. The first-order valence-electron chi connectivity index (χ1n) is 8.66. The highest BCUT2D eigenvalue weighted by Gasteiger charge is 2.39. The van der Waals surface area contributed by atoms with Crippen LogP contribution in [0.3, 0.4) is 0 Å². The lowest BCUT2D eigenvalue weighted by atomic mass is 9.87. The van der Waals surface area contributed by atoms with E-state index in [1.165, 1.54) is 4.31 Å². The summed E-state index contributed by atoms with van der Waals surface area (Å²) in [5.41, 5.74) is 1.67. The predicted molar refractivity (Wildman–Crippen MR) is 101 cm³/mol. The molecule has 1 aliphatic heterocycles. The van der Waals surface area contributed by atoms with Crippen LogP contribution in [0.2, 0.25) is 0 Å². The number of hydrogen-bond acceptors (Lipinski definition) is 3. The number of carbonyl (C=O) groups is 1. The van der Waals surface area contributed by atoms with Crippen molar-refractivity contribution in [1.29, 1.82) is 0 Å².